The van der Waals surface area contributed by atoms with Gasteiger partial charge in [-0.25, -0.2) is 9.59 Å². The zero-order chi connectivity index (χ0) is 18.6. The number of carboxylic acid groups (broad SMARTS) is 2. The quantitative estimate of drug-likeness (QED) is 0.160. The van der Waals surface area contributed by atoms with Crippen molar-refractivity contribution in [3.05, 3.63) is 0 Å². The molecule has 0 radical (unpaired) electrons. The van der Waals surface area contributed by atoms with Crippen molar-refractivity contribution in [3.63, 3.8) is 0 Å². The number of carboxylic acids is 2. The monoisotopic (exact) mass is 598 g/mol. The Balaban J connectivity index is 3.38. The van der Waals surface area contributed by atoms with E-state index in [0.29, 0.717) is 12.8 Å². The predicted molar refractivity (Wildman–Crippen MR) is 112 cm³/mol. The van der Waals surface area contributed by atoms with E-state index in [2.05, 4.69) is 63.7 Å². The molecular weight excluding hydrogens is 576 g/mol. The predicted octanol–water partition coefficient (Wildman–Crippen LogP) is 6.81. The number of alkyl halides is 4. The Morgan fingerprint density at radius 2 is 0.750 bits per heavy atom. The molecule has 2 N–H and O–H groups in total. The van der Waals surface area contributed by atoms with Crippen LogP contribution in [0, 0.1) is 0 Å². The van der Waals surface area contributed by atoms with Gasteiger partial charge >= 0.3 is 11.9 Å². The van der Waals surface area contributed by atoms with Gasteiger partial charge in [-0.3, -0.25) is 0 Å². The Morgan fingerprint density at radius 3 is 0.958 bits per heavy atom. The second-order valence-electron chi connectivity index (χ2n) is 6.05. The van der Waals surface area contributed by atoms with Crippen LogP contribution in [0.5, 0.6) is 0 Å². The summed E-state index contributed by atoms with van der Waals surface area (Å²) in [5, 5.41) is 17.9. The molecule has 0 aliphatic heterocycles. The third-order valence-corrected chi connectivity index (χ3v) is 6.80. The normalized spacial score (nSPS) is 12.3. The van der Waals surface area contributed by atoms with Crippen molar-refractivity contribution < 1.29 is 19.8 Å². The van der Waals surface area contributed by atoms with Crippen molar-refractivity contribution >= 4 is 75.7 Å². The smallest absolute Gasteiger partial charge is 0.331 e. The molecule has 0 saturated carbocycles. The van der Waals surface area contributed by atoms with Gasteiger partial charge in [0.2, 0.25) is 0 Å². The standard InChI is InChI=1S/C16H26Br4O4/c17-15(18,13(21)22)11-9-7-5-3-1-2-4-6-8-10-12-16(19,20)14(23)24/h1-12H2,(H,21,22)(H,23,24). The Kier molecular flexibility index (Phi) is 13.6. The molecule has 4 nitrogen and oxygen atoms in total. The number of hydrogen-bond acceptors (Lipinski definition) is 2. The van der Waals surface area contributed by atoms with Crippen molar-refractivity contribution in [2.45, 2.75) is 83.5 Å². The first-order valence-electron chi connectivity index (χ1n) is 8.32. The summed E-state index contributed by atoms with van der Waals surface area (Å²) in [5.74, 6) is -1.74. The van der Waals surface area contributed by atoms with E-state index in [4.69, 9.17) is 10.2 Å². The molecule has 0 unspecified atom stereocenters. The molecule has 0 aromatic heterocycles. The van der Waals surface area contributed by atoms with E-state index in [1.54, 1.807) is 0 Å². The van der Waals surface area contributed by atoms with E-state index in [1.807, 2.05) is 0 Å². The second kappa shape index (κ2) is 13.1. The molecule has 0 bridgehead atoms. The molecular formula is C16H26Br4O4. The largest absolute Gasteiger partial charge is 0.480 e. The lowest BCUT2D eigenvalue weighted by Crippen LogP contribution is -2.23. The lowest BCUT2D eigenvalue weighted by atomic mass is 10.0. The average Bonchev–Trinajstić information content (AvgIpc) is 2.47. The maximum absolute atomic E-state index is 10.9. The van der Waals surface area contributed by atoms with Gasteiger partial charge in [-0.2, -0.15) is 0 Å². The highest BCUT2D eigenvalue weighted by atomic mass is 79.9. The third kappa shape index (κ3) is 12.3. The number of halogens is 4. The highest BCUT2D eigenvalue weighted by Crippen LogP contribution is 2.33. The van der Waals surface area contributed by atoms with Crippen LogP contribution in [0.25, 0.3) is 0 Å². The molecule has 0 aromatic rings. The fraction of sp³-hybridized carbons (Fsp3) is 0.875. The Labute approximate surface area is 178 Å². The second-order valence-corrected chi connectivity index (χ2v) is 13.6. The van der Waals surface area contributed by atoms with Crippen molar-refractivity contribution in [1.29, 1.82) is 0 Å². The van der Waals surface area contributed by atoms with E-state index in [9.17, 15) is 9.59 Å². The summed E-state index contributed by atoms with van der Waals surface area (Å²) in [5.41, 5.74) is 0. The zero-order valence-electron chi connectivity index (χ0n) is 13.7. The highest BCUT2D eigenvalue weighted by Gasteiger charge is 2.31. The van der Waals surface area contributed by atoms with Gasteiger partial charge in [0.1, 0.15) is 0 Å². The fourth-order valence-electron chi connectivity index (χ4n) is 2.32. The molecule has 0 atom stereocenters. The SMILES string of the molecule is O=C(O)C(Br)(Br)CCCCCCCCCCCCC(Br)(Br)C(=O)O. The number of aliphatic carboxylic acids is 2. The summed E-state index contributed by atoms with van der Waals surface area (Å²) in [4.78, 5) is 21.8. The van der Waals surface area contributed by atoms with Crippen LogP contribution in [0.1, 0.15) is 77.0 Å². The molecule has 0 aliphatic carbocycles. The first kappa shape index (κ1) is 24.9. The number of hydrogen-bond donors (Lipinski definition) is 2. The number of carbonyl (C=O) groups is 2. The van der Waals surface area contributed by atoms with Crippen LogP contribution >= 0.6 is 63.7 Å². The van der Waals surface area contributed by atoms with E-state index >= 15 is 0 Å². The van der Waals surface area contributed by atoms with Crippen LogP contribution in [-0.2, 0) is 9.59 Å². The molecule has 24 heavy (non-hydrogen) atoms. The molecule has 0 fully saturated rings. The molecule has 0 amide bonds. The van der Waals surface area contributed by atoms with Crippen LogP contribution in [0.2, 0.25) is 0 Å². The molecule has 0 heterocycles. The Morgan fingerprint density at radius 1 is 0.542 bits per heavy atom. The minimum Gasteiger partial charge on any atom is -0.480 e. The molecule has 0 rings (SSSR count). The van der Waals surface area contributed by atoms with Gasteiger partial charge < -0.3 is 10.2 Å². The van der Waals surface area contributed by atoms with Gasteiger partial charge in [-0.05, 0) is 12.8 Å². The van der Waals surface area contributed by atoms with Gasteiger partial charge in [0.25, 0.3) is 0 Å². The first-order chi connectivity index (χ1) is 11.1. The lowest BCUT2D eigenvalue weighted by molar-refractivity contribution is -0.138. The van der Waals surface area contributed by atoms with Gasteiger partial charge in [0.15, 0.2) is 6.47 Å². The summed E-state index contributed by atoms with van der Waals surface area (Å²) in [6, 6.07) is 0. The maximum atomic E-state index is 10.9. The summed E-state index contributed by atoms with van der Waals surface area (Å²) >= 11 is 12.7. The fourth-order valence-corrected chi connectivity index (χ4v) is 3.44. The van der Waals surface area contributed by atoms with Crippen molar-refractivity contribution in [2.75, 3.05) is 0 Å². The number of rotatable bonds is 15. The van der Waals surface area contributed by atoms with E-state index < -0.39 is 18.4 Å². The van der Waals surface area contributed by atoms with Crippen LogP contribution < -0.4 is 0 Å². The molecule has 8 heteroatoms. The molecule has 0 spiro atoms. The van der Waals surface area contributed by atoms with Gasteiger partial charge in [0, 0.05) is 0 Å². The zero-order valence-corrected chi connectivity index (χ0v) is 20.1. The maximum Gasteiger partial charge on any atom is 0.331 e. The van der Waals surface area contributed by atoms with Crippen molar-refractivity contribution in [3.8, 4) is 0 Å². The third-order valence-electron chi connectivity index (χ3n) is 3.86. The minimum absolute atomic E-state index is 0.585. The summed E-state index contributed by atoms with van der Waals surface area (Å²) in [6.07, 6.45) is 12.2. The van der Waals surface area contributed by atoms with E-state index in [1.165, 1.54) is 25.7 Å². The molecule has 0 aromatic carbocycles. The van der Waals surface area contributed by atoms with Crippen molar-refractivity contribution in [1.82, 2.24) is 0 Å². The topological polar surface area (TPSA) is 74.6 Å². The Hall–Kier alpha value is 0.860. The van der Waals surface area contributed by atoms with Crippen LogP contribution in [-0.4, -0.2) is 28.6 Å². The minimum atomic E-state index is -0.970. The van der Waals surface area contributed by atoms with Gasteiger partial charge in [0.05, 0.1) is 0 Å². The average molecular weight is 602 g/mol. The van der Waals surface area contributed by atoms with Crippen LogP contribution in [0.4, 0.5) is 0 Å². The Bertz CT molecular complexity index is 350. The van der Waals surface area contributed by atoms with Gasteiger partial charge in [-0.1, -0.05) is 128 Å². The van der Waals surface area contributed by atoms with E-state index in [0.717, 1.165) is 38.5 Å². The molecule has 0 aliphatic rings. The van der Waals surface area contributed by atoms with Crippen LogP contribution in [0.3, 0.4) is 0 Å². The van der Waals surface area contributed by atoms with Gasteiger partial charge in [-0.15, -0.1) is 0 Å². The highest BCUT2D eigenvalue weighted by molar-refractivity contribution is 9.26. The van der Waals surface area contributed by atoms with E-state index in [-0.39, 0.29) is 0 Å². The summed E-state index contributed by atoms with van der Waals surface area (Å²) in [7, 11) is 0. The number of unbranched alkanes of at least 4 members (excludes halogenated alkanes) is 9. The van der Waals surface area contributed by atoms with Crippen molar-refractivity contribution in [2.24, 2.45) is 0 Å². The summed E-state index contributed by atoms with van der Waals surface area (Å²) in [6.45, 7) is 0. The molecule has 142 valence electrons. The molecule has 0 saturated heterocycles. The summed E-state index contributed by atoms with van der Waals surface area (Å²) < 4.78 is -1.94. The van der Waals surface area contributed by atoms with Crippen LogP contribution in [0.15, 0.2) is 0 Å². The lowest BCUT2D eigenvalue weighted by Gasteiger charge is -2.14. The first-order valence-corrected chi connectivity index (χ1v) is 11.5.